The summed E-state index contributed by atoms with van der Waals surface area (Å²) in [6.07, 6.45) is 0.667. The van der Waals surface area contributed by atoms with Gasteiger partial charge in [0.1, 0.15) is 17.3 Å². The van der Waals surface area contributed by atoms with Gasteiger partial charge in [-0.2, -0.15) is 0 Å². The van der Waals surface area contributed by atoms with Crippen LogP contribution in [0.15, 0.2) is 53.9 Å². The third-order valence-corrected chi connectivity index (χ3v) is 4.51. The predicted molar refractivity (Wildman–Crippen MR) is 95.5 cm³/mol. The largest absolute Gasteiger partial charge is 0.497 e. The second-order valence-electron chi connectivity index (χ2n) is 5.46. The number of hydrogen-bond donors (Lipinski definition) is 1. The van der Waals surface area contributed by atoms with Crippen LogP contribution in [0.2, 0.25) is 0 Å². The SMILES string of the molecule is COc1ccc(Cc2nc(C(=O)NCc3ccc(F)cc3)cs2)cc1. The lowest BCUT2D eigenvalue weighted by atomic mass is 10.1. The van der Waals surface area contributed by atoms with Crippen LogP contribution in [0.4, 0.5) is 4.39 Å². The minimum Gasteiger partial charge on any atom is -0.497 e. The number of thiazole rings is 1. The van der Waals surface area contributed by atoms with Crippen molar-refractivity contribution in [3.05, 3.63) is 81.6 Å². The van der Waals surface area contributed by atoms with Crippen molar-refractivity contribution in [1.29, 1.82) is 0 Å². The molecular weight excluding hydrogens is 339 g/mol. The topological polar surface area (TPSA) is 51.2 Å². The van der Waals surface area contributed by atoms with E-state index < -0.39 is 0 Å². The Hall–Kier alpha value is -2.73. The molecule has 0 saturated heterocycles. The smallest absolute Gasteiger partial charge is 0.271 e. The number of hydrogen-bond acceptors (Lipinski definition) is 4. The number of ether oxygens (including phenoxy) is 1. The van der Waals surface area contributed by atoms with Crippen LogP contribution in [0, 0.1) is 5.82 Å². The summed E-state index contributed by atoms with van der Waals surface area (Å²) in [4.78, 5) is 16.6. The van der Waals surface area contributed by atoms with E-state index in [1.807, 2.05) is 24.3 Å². The summed E-state index contributed by atoms with van der Waals surface area (Å²) in [5, 5.41) is 5.41. The number of benzene rings is 2. The molecule has 0 aliphatic heterocycles. The number of halogens is 1. The highest BCUT2D eigenvalue weighted by atomic mass is 32.1. The maximum Gasteiger partial charge on any atom is 0.271 e. The standard InChI is InChI=1S/C19H17FN2O2S/c1-24-16-8-4-13(5-9-16)10-18-22-17(12-25-18)19(23)21-11-14-2-6-15(20)7-3-14/h2-9,12H,10-11H2,1H3,(H,21,23). The van der Waals surface area contributed by atoms with E-state index in [9.17, 15) is 9.18 Å². The summed E-state index contributed by atoms with van der Waals surface area (Å²) in [5.74, 6) is 0.281. The number of aromatic nitrogens is 1. The van der Waals surface area contributed by atoms with Gasteiger partial charge in [0.2, 0.25) is 0 Å². The monoisotopic (exact) mass is 356 g/mol. The minimum absolute atomic E-state index is 0.235. The normalized spacial score (nSPS) is 10.5. The molecule has 0 radical (unpaired) electrons. The van der Waals surface area contributed by atoms with Gasteiger partial charge < -0.3 is 10.1 Å². The van der Waals surface area contributed by atoms with E-state index in [-0.39, 0.29) is 11.7 Å². The highest BCUT2D eigenvalue weighted by Gasteiger charge is 2.11. The Morgan fingerprint density at radius 2 is 1.80 bits per heavy atom. The van der Waals surface area contributed by atoms with Crippen molar-refractivity contribution in [2.24, 2.45) is 0 Å². The molecule has 2 aromatic carbocycles. The van der Waals surface area contributed by atoms with E-state index in [2.05, 4.69) is 10.3 Å². The van der Waals surface area contributed by atoms with Gasteiger partial charge in [0.05, 0.1) is 12.1 Å². The van der Waals surface area contributed by atoms with Crippen LogP contribution in [0.5, 0.6) is 5.75 Å². The summed E-state index contributed by atoms with van der Waals surface area (Å²) in [6, 6.07) is 13.8. The van der Waals surface area contributed by atoms with Crippen LogP contribution in [0.3, 0.4) is 0 Å². The zero-order chi connectivity index (χ0) is 17.6. The Kier molecular flexibility index (Phi) is 5.40. The Morgan fingerprint density at radius 1 is 1.12 bits per heavy atom. The van der Waals surface area contributed by atoms with Gasteiger partial charge in [0, 0.05) is 18.3 Å². The first kappa shape index (κ1) is 17.1. The fraction of sp³-hybridized carbons (Fsp3) is 0.158. The maximum absolute atomic E-state index is 12.9. The van der Waals surface area contributed by atoms with Gasteiger partial charge in [-0.15, -0.1) is 11.3 Å². The molecule has 4 nitrogen and oxygen atoms in total. The highest BCUT2D eigenvalue weighted by molar-refractivity contribution is 7.09. The molecule has 0 aliphatic carbocycles. The molecule has 0 saturated carbocycles. The first-order valence-electron chi connectivity index (χ1n) is 7.74. The molecule has 0 fully saturated rings. The van der Waals surface area contributed by atoms with Crippen molar-refractivity contribution in [1.82, 2.24) is 10.3 Å². The lowest BCUT2D eigenvalue weighted by Gasteiger charge is -2.03. The molecule has 128 valence electrons. The number of carbonyl (C=O) groups is 1. The number of rotatable bonds is 6. The zero-order valence-electron chi connectivity index (χ0n) is 13.7. The van der Waals surface area contributed by atoms with Crippen molar-refractivity contribution in [3.63, 3.8) is 0 Å². The van der Waals surface area contributed by atoms with Crippen molar-refractivity contribution in [2.75, 3.05) is 7.11 Å². The lowest BCUT2D eigenvalue weighted by molar-refractivity contribution is 0.0946. The third kappa shape index (κ3) is 4.64. The van der Waals surface area contributed by atoms with Crippen LogP contribution in [0.25, 0.3) is 0 Å². The molecule has 6 heteroatoms. The van der Waals surface area contributed by atoms with Gasteiger partial charge >= 0.3 is 0 Å². The highest BCUT2D eigenvalue weighted by Crippen LogP contribution is 2.17. The number of amides is 1. The van der Waals surface area contributed by atoms with Crippen molar-refractivity contribution in [3.8, 4) is 5.75 Å². The third-order valence-electron chi connectivity index (χ3n) is 3.67. The molecule has 25 heavy (non-hydrogen) atoms. The molecule has 1 aromatic heterocycles. The molecule has 1 heterocycles. The minimum atomic E-state index is -0.294. The van der Waals surface area contributed by atoms with Crippen molar-refractivity contribution >= 4 is 17.2 Å². The molecule has 0 aliphatic rings. The molecule has 0 spiro atoms. The molecule has 1 N–H and O–H groups in total. The van der Waals surface area contributed by atoms with Gasteiger partial charge in [-0.25, -0.2) is 9.37 Å². The number of nitrogens with zero attached hydrogens (tertiary/aromatic N) is 1. The Morgan fingerprint density at radius 3 is 2.48 bits per heavy atom. The van der Waals surface area contributed by atoms with E-state index in [1.165, 1.54) is 23.5 Å². The predicted octanol–water partition coefficient (Wildman–Crippen LogP) is 3.81. The van der Waals surface area contributed by atoms with Crippen LogP contribution in [0.1, 0.15) is 26.6 Å². The Bertz CT molecular complexity index is 845. The Balaban J connectivity index is 1.58. The fourth-order valence-electron chi connectivity index (χ4n) is 2.29. The molecule has 0 unspecified atom stereocenters. The van der Waals surface area contributed by atoms with Crippen molar-refractivity contribution in [2.45, 2.75) is 13.0 Å². The van der Waals surface area contributed by atoms with E-state index >= 15 is 0 Å². The summed E-state index contributed by atoms with van der Waals surface area (Å²) in [5.41, 5.74) is 2.34. The molecule has 3 aromatic rings. The van der Waals surface area contributed by atoms with E-state index in [1.54, 1.807) is 24.6 Å². The summed E-state index contributed by atoms with van der Waals surface area (Å²) >= 11 is 1.45. The molecule has 0 bridgehead atoms. The number of methoxy groups -OCH3 is 1. The average Bonchev–Trinajstić information content (AvgIpc) is 3.10. The van der Waals surface area contributed by atoms with Gasteiger partial charge in [0.25, 0.3) is 5.91 Å². The van der Waals surface area contributed by atoms with Gasteiger partial charge in [-0.1, -0.05) is 24.3 Å². The van der Waals surface area contributed by atoms with Crippen molar-refractivity contribution < 1.29 is 13.9 Å². The molecule has 1 amide bonds. The van der Waals surface area contributed by atoms with Gasteiger partial charge in [0.15, 0.2) is 0 Å². The molecule has 0 atom stereocenters. The van der Waals surface area contributed by atoms with Crippen LogP contribution in [-0.2, 0) is 13.0 Å². The zero-order valence-corrected chi connectivity index (χ0v) is 14.5. The fourth-order valence-corrected chi connectivity index (χ4v) is 3.10. The second-order valence-corrected chi connectivity index (χ2v) is 6.40. The van der Waals surface area contributed by atoms with E-state index in [0.29, 0.717) is 18.7 Å². The first-order valence-corrected chi connectivity index (χ1v) is 8.62. The Labute approximate surface area is 149 Å². The average molecular weight is 356 g/mol. The van der Waals surface area contributed by atoms with Crippen LogP contribution < -0.4 is 10.1 Å². The molecule has 3 rings (SSSR count). The summed E-state index contributed by atoms with van der Waals surface area (Å²) in [7, 11) is 1.63. The number of carbonyl (C=O) groups excluding carboxylic acids is 1. The van der Waals surface area contributed by atoms with E-state index in [0.717, 1.165) is 21.9 Å². The summed E-state index contributed by atoms with van der Waals surface area (Å²) < 4.78 is 18.0. The van der Waals surface area contributed by atoms with Gasteiger partial charge in [-0.3, -0.25) is 4.79 Å². The quantitative estimate of drug-likeness (QED) is 0.731. The van der Waals surface area contributed by atoms with Crippen LogP contribution in [-0.4, -0.2) is 18.0 Å². The van der Waals surface area contributed by atoms with Crippen LogP contribution >= 0.6 is 11.3 Å². The number of nitrogens with one attached hydrogen (secondary N) is 1. The summed E-state index contributed by atoms with van der Waals surface area (Å²) in [6.45, 7) is 0.338. The van der Waals surface area contributed by atoms with E-state index in [4.69, 9.17) is 4.74 Å². The first-order chi connectivity index (χ1) is 12.1. The second kappa shape index (κ2) is 7.90. The lowest BCUT2D eigenvalue weighted by Crippen LogP contribution is -2.23. The molecular formula is C19H17FN2O2S. The maximum atomic E-state index is 12.9. The van der Waals surface area contributed by atoms with Gasteiger partial charge in [-0.05, 0) is 35.4 Å².